The number of hydrogen-bond donors (Lipinski definition) is 1. The minimum Gasteiger partial charge on any atom is -0.339 e. The summed E-state index contributed by atoms with van der Waals surface area (Å²) in [6.45, 7) is 0. The average molecular weight is 307 g/mol. The number of amides is 1. The summed E-state index contributed by atoms with van der Waals surface area (Å²) < 4.78 is 5.23. The highest BCUT2D eigenvalue weighted by molar-refractivity contribution is 5.90. The normalized spacial score (nSPS) is 10.4. The molecule has 0 spiro atoms. The molecular weight excluding hydrogens is 290 g/mol. The molecule has 0 unspecified atom stereocenters. The van der Waals surface area contributed by atoms with Crippen LogP contribution in [0.25, 0.3) is 11.4 Å². The van der Waals surface area contributed by atoms with E-state index in [4.69, 9.17) is 4.52 Å². The van der Waals surface area contributed by atoms with Gasteiger partial charge in [-0.2, -0.15) is 4.98 Å². The predicted molar refractivity (Wildman–Crippen MR) is 87.7 cm³/mol. The lowest BCUT2D eigenvalue weighted by molar-refractivity contribution is -0.116. The van der Waals surface area contributed by atoms with Crippen molar-refractivity contribution in [3.63, 3.8) is 0 Å². The van der Waals surface area contributed by atoms with Gasteiger partial charge in [-0.25, -0.2) is 0 Å². The Labute approximate surface area is 134 Å². The third kappa shape index (κ3) is 4.26. The molecule has 23 heavy (non-hydrogen) atoms. The van der Waals surface area contributed by atoms with Crippen LogP contribution in [-0.4, -0.2) is 16.0 Å². The molecule has 1 heterocycles. The van der Waals surface area contributed by atoms with Gasteiger partial charge in [0.1, 0.15) is 0 Å². The third-order valence-corrected chi connectivity index (χ3v) is 3.35. The molecule has 0 aliphatic rings. The summed E-state index contributed by atoms with van der Waals surface area (Å²) in [6.07, 6.45) is 1.66. The number of carbonyl (C=O) groups excluding carboxylic acids is 1. The van der Waals surface area contributed by atoms with Gasteiger partial charge in [0.15, 0.2) is 0 Å². The zero-order chi connectivity index (χ0) is 15.9. The number of rotatable bonds is 6. The maximum atomic E-state index is 11.9. The van der Waals surface area contributed by atoms with Crippen molar-refractivity contribution in [1.29, 1.82) is 0 Å². The molecule has 1 N–H and O–H groups in total. The highest BCUT2D eigenvalue weighted by Crippen LogP contribution is 2.15. The quantitative estimate of drug-likeness (QED) is 0.754. The van der Waals surface area contributed by atoms with Crippen LogP contribution < -0.4 is 5.32 Å². The highest BCUT2D eigenvalue weighted by atomic mass is 16.5. The number of hydrogen-bond acceptors (Lipinski definition) is 4. The van der Waals surface area contributed by atoms with Gasteiger partial charge in [-0.1, -0.05) is 53.7 Å². The molecule has 116 valence electrons. The second-order valence-electron chi connectivity index (χ2n) is 5.15. The molecule has 0 fully saturated rings. The van der Waals surface area contributed by atoms with E-state index in [-0.39, 0.29) is 5.91 Å². The van der Waals surface area contributed by atoms with E-state index in [0.29, 0.717) is 31.0 Å². The fraction of sp³-hybridized carbons (Fsp3) is 0.167. The van der Waals surface area contributed by atoms with Crippen LogP contribution in [0.15, 0.2) is 65.2 Å². The van der Waals surface area contributed by atoms with Crippen LogP contribution in [0.5, 0.6) is 0 Å². The smallest absolute Gasteiger partial charge is 0.226 e. The Hall–Kier alpha value is -2.95. The lowest BCUT2D eigenvalue weighted by atomic mass is 10.2. The van der Waals surface area contributed by atoms with Crippen LogP contribution in [-0.2, 0) is 11.2 Å². The number of anilines is 1. The van der Waals surface area contributed by atoms with Crippen molar-refractivity contribution >= 4 is 11.6 Å². The molecule has 0 atom stereocenters. The van der Waals surface area contributed by atoms with Crippen molar-refractivity contribution in [2.75, 3.05) is 5.32 Å². The van der Waals surface area contributed by atoms with Gasteiger partial charge in [-0.05, 0) is 18.6 Å². The number of para-hydroxylation sites is 1. The SMILES string of the molecule is O=C(CCCc1nc(-c2ccccc2)no1)Nc1ccccc1. The second-order valence-corrected chi connectivity index (χ2v) is 5.15. The van der Waals surface area contributed by atoms with Gasteiger partial charge in [0.2, 0.25) is 17.6 Å². The number of benzene rings is 2. The van der Waals surface area contributed by atoms with Crippen LogP contribution in [0.1, 0.15) is 18.7 Å². The Morgan fingerprint density at radius 2 is 1.70 bits per heavy atom. The van der Waals surface area contributed by atoms with E-state index in [9.17, 15) is 4.79 Å². The van der Waals surface area contributed by atoms with Gasteiger partial charge in [0.05, 0.1) is 0 Å². The zero-order valence-electron chi connectivity index (χ0n) is 12.6. The fourth-order valence-corrected chi connectivity index (χ4v) is 2.21. The second kappa shape index (κ2) is 7.35. The summed E-state index contributed by atoms with van der Waals surface area (Å²) in [5.74, 6) is 1.12. The molecule has 0 aliphatic heterocycles. The van der Waals surface area contributed by atoms with Gasteiger partial charge in [0, 0.05) is 24.1 Å². The molecule has 0 radical (unpaired) electrons. The van der Waals surface area contributed by atoms with Gasteiger partial charge >= 0.3 is 0 Å². The Kier molecular flexibility index (Phi) is 4.79. The first-order chi connectivity index (χ1) is 11.3. The lowest BCUT2D eigenvalue weighted by Gasteiger charge is -2.03. The zero-order valence-corrected chi connectivity index (χ0v) is 12.6. The van der Waals surface area contributed by atoms with E-state index in [2.05, 4.69) is 15.5 Å². The summed E-state index contributed by atoms with van der Waals surface area (Å²) in [6, 6.07) is 19.1. The number of carbonyl (C=O) groups is 1. The Bertz CT molecular complexity index is 754. The maximum absolute atomic E-state index is 11.9. The summed E-state index contributed by atoms with van der Waals surface area (Å²) in [4.78, 5) is 16.2. The molecular formula is C18H17N3O2. The van der Waals surface area contributed by atoms with E-state index in [1.807, 2.05) is 60.7 Å². The summed E-state index contributed by atoms with van der Waals surface area (Å²) in [5.41, 5.74) is 1.73. The van der Waals surface area contributed by atoms with Gasteiger partial charge < -0.3 is 9.84 Å². The summed E-state index contributed by atoms with van der Waals surface area (Å²) in [5, 5.41) is 6.82. The standard InChI is InChI=1S/C18H17N3O2/c22-16(19-15-10-5-2-6-11-15)12-7-13-17-20-18(21-23-17)14-8-3-1-4-9-14/h1-6,8-11H,7,12-13H2,(H,19,22). The summed E-state index contributed by atoms with van der Waals surface area (Å²) in [7, 11) is 0. The van der Waals surface area contributed by atoms with Crippen molar-refractivity contribution in [3.05, 3.63) is 66.6 Å². The van der Waals surface area contributed by atoms with Crippen molar-refractivity contribution in [2.45, 2.75) is 19.3 Å². The van der Waals surface area contributed by atoms with Crippen LogP contribution in [0, 0.1) is 0 Å². The van der Waals surface area contributed by atoms with E-state index >= 15 is 0 Å². The average Bonchev–Trinajstić information content (AvgIpc) is 3.05. The van der Waals surface area contributed by atoms with Crippen LogP contribution in [0.4, 0.5) is 5.69 Å². The Morgan fingerprint density at radius 1 is 1.00 bits per heavy atom. The molecule has 2 aromatic carbocycles. The molecule has 0 aliphatic carbocycles. The first kappa shape index (κ1) is 15.0. The van der Waals surface area contributed by atoms with Crippen molar-refractivity contribution in [2.24, 2.45) is 0 Å². The number of aromatic nitrogens is 2. The minimum absolute atomic E-state index is 0.0148. The highest BCUT2D eigenvalue weighted by Gasteiger charge is 2.09. The first-order valence-corrected chi connectivity index (χ1v) is 7.54. The number of nitrogens with zero attached hydrogens (tertiary/aromatic N) is 2. The molecule has 1 aromatic heterocycles. The molecule has 3 rings (SSSR count). The topological polar surface area (TPSA) is 68.0 Å². The van der Waals surface area contributed by atoms with Gasteiger partial charge in [-0.3, -0.25) is 4.79 Å². The van der Waals surface area contributed by atoms with Crippen molar-refractivity contribution in [1.82, 2.24) is 10.1 Å². The maximum Gasteiger partial charge on any atom is 0.226 e. The number of aryl methyl sites for hydroxylation is 1. The summed E-state index contributed by atoms with van der Waals surface area (Å²) >= 11 is 0. The fourth-order valence-electron chi connectivity index (χ4n) is 2.21. The Balaban J connectivity index is 1.48. The van der Waals surface area contributed by atoms with Crippen molar-refractivity contribution in [3.8, 4) is 11.4 Å². The van der Waals surface area contributed by atoms with Gasteiger partial charge in [-0.15, -0.1) is 0 Å². The molecule has 5 nitrogen and oxygen atoms in total. The van der Waals surface area contributed by atoms with Gasteiger partial charge in [0.25, 0.3) is 0 Å². The van der Waals surface area contributed by atoms with Crippen molar-refractivity contribution < 1.29 is 9.32 Å². The molecule has 3 aromatic rings. The monoisotopic (exact) mass is 307 g/mol. The molecule has 0 bridgehead atoms. The van der Waals surface area contributed by atoms with Crippen LogP contribution >= 0.6 is 0 Å². The molecule has 5 heteroatoms. The molecule has 0 saturated heterocycles. The van der Waals surface area contributed by atoms with E-state index in [0.717, 1.165) is 11.3 Å². The first-order valence-electron chi connectivity index (χ1n) is 7.54. The minimum atomic E-state index is -0.0148. The Morgan fingerprint density at radius 3 is 2.43 bits per heavy atom. The van der Waals surface area contributed by atoms with Crippen LogP contribution in [0.3, 0.4) is 0 Å². The molecule has 0 saturated carbocycles. The lowest BCUT2D eigenvalue weighted by Crippen LogP contribution is -2.11. The van der Waals surface area contributed by atoms with E-state index < -0.39 is 0 Å². The third-order valence-electron chi connectivity index (χ3n) is 3.35. The van der Waals surface area contributed by atoms with E-state index in [1.54, 1.807) is 0 Å². The number of nitrogens with one attached hydrogen (secondary N) is 1. The largest absolute Gasteiger partial charge is 0.339 e. The molecule has 1 amide bonds. The predicted octanol–water partition coefficient (Wildman–Crippen LogP) is 3.70. The van der Waals surface area contributed by atoms with Crippen LogP contribution in [0.2, 0.25) is 0 Å². The van der Waals surface area contributed by atoms with E-state index in [1.165, 1.54) is 0 Å².